The summed E-state index contributed by atoms with van der Waals surface area (Å²) >= 11 is 1.30. The fourth-order valence-corrected chi connectivity index (χ4v) is 3.09. The van der Waals surface area contributed by atoms with Crippen molar-refractivity contribution in [1.82, 2.24) is 14.6 Å². The second kappa shape index (κ2) is 8.70. The lowest BCUT2D eigenvalue weighted by atomic mass is 10.2. The Kier molecular flexibility index (Phi) is 6.09. The van der Waals surface area contributed by atoms with Crippen LogP contribution in [-0.2, 0) is 22.6 Å². The van der Waals surface area contributed by atoms with Crippen LogP contribution >= 0.6 is 11.3 Å². The molecule has 0 aliphatic carbocycles. The van der Waals surface area contributed by atoms with Crippen molar-refractivity contribution >= 4 is 28.3 Å². The van der Waals surface area contributed by atoms with Crippen LogP contribution in [0.15, 0.2) is 41.2 Å². The van der Waals surface area contributed by atoms with E-state index in [2.05, 4.69) is 14.8 Å². The van der Waals surface area contributed by atoms with Crippen LogP contribution in [0.5, 0.6) is 5.75 Å². The molecule has 0 amide bonds. The molecule has 28 heavy (non-hydrogen) atoms. The average Bonchev–Trinajstić information content (AvgIpc) is 3.09. The third-order valence-electron chi connectivity index (χ3n) is 3.52. The van der Waals surface area contributed by atoms with Crippen molar-refractivity contribution in [3.8, 4) is 5.75 Å². The predicted octanol–water partition coefficient (Wildman–Crippen LogP) is 3.07. The minimum absolute atomic E-state index is 0.0248. The molecule has 3 rings (SSSR count). The van der Waals surface area contributed by atoms with Gasteiger partial charge in [-0.3, -0.25) is 4.79 Å². The highest BCUT2D eigenvalue weighted by molar-refractivity contribution is 7.16. The van der Waals surface area contributed by atoms with Crippen molar-refractivity contribution in [2.75, 3.05) is 0 Å². The quantitative estimate of drug-likeness (QED) is 0.442. The van der Waals surface area contributed by atoms with E-state index in [1.807, 2.05) is 6.92 Å². The van der Waals surface area contributed by atoms with Gasteiger partial charge < -0.3 is 9.47 Å². The van der Waals surface area contributed by atoms with Crippen LogP contribution in [0.4, 0.5) is 8.78 Å². The summed E-state index contributed by atoms with van der Waals surface area (Å²) in [6.07, 6.45) is 3.35. The van der Waals surface area contributed by atoms with Crippen molar-refractivity contribution in [3.63, 3.8) is 0 Å². The molecule has 2 aromatic heterocycles. The largest absolute Gasteiger partial charge is 0.456 e. The minimum Gasteiger partial charge on any atom is -0.456 e. The van der Waals surface area contributed by atoms with Crippen LogP contribution in [0.3, 0.4) is 0 Å². The predicted molar refractivity (Wildman–Crippen MR) is 98.4 cm³/mol. The Morgan fingerprint density at radius 3 is 2.75 bits per heavy atom. The molecule has 0 saturated heterocycles. The summed E-state index contributed by atoms with van der Waals surface area (Å²) in [6, 6.07) is 7.04. The molecule has 0 spiro atoms. The molecule has 7 nitrogen and oxygen atoms in total. The lowest BCUT2D eigenvalue weighted by molar-refractivity contribution is -0.139. The van der Waals surface area contributed by atoms with Crippen LogP contribution in [0, 0.1) is 0 Å². The van der Waals surface area contributed by atoms with Gasteiger partial charge in [0.1, 0.15) is 17.4 Å². The molecule has 146 valence electrons. The Hall–Kier alpha value is -3.14. The Morgan fingerprint density at radius 1 is 1.32 bits per heavy atom. The first-order valence-electron chi connectivity index (χ1n) is 8.23. The zero-order chi connectivity index (χ0) is 20.1. The van der Waals surface area contributed by atoms with E-state index < -0.39 is 12.6 Å². The molecular formula is C18H15F2N3O4S. The van der Waals surface area contributed by atoms with Crippen LogP contribution in [0.25, 0.3) is 11.0 Å². The summed E-state index contributed by atoms with van der Waals surface area (Å²) in [5.74, 6) is -0.606. The van der Waals surface area contributed by atoms with Crippen LogP contribution in [0.2, 0.25) is 0 Å². The highest BCUT2D eigenvalue weighted by Gasteiger charge is 2.09. The Balaban J connectivity index is 1.60. The van der Waals surface area contributed by atoms with Crippen molar-refractivity contribution in [1.29, 1.82) is 0 Å². The normalized spacial score (nSPS) is 11.4. The van der Waals surface area contributed by atoms with Gasteiger partial charge in [-0.2, -0.15) is 18.4 Å². The van der Waals surface area contributed by atoms with Gasteiger partial charge >= 0.3 is 12.6 Å². The van der Waals surface area contributed by atoms with Crippen LogP contribution < -0.4 is 10.3 Å². The second-order valence-corrected chi connectivity index (χ2v) is 6.56. The summed E-state index contributed by atoms with van der Waals surface area (Å²) in [7, 11) is 0. The average molecular weight is 407 g/mol. The van der Waals surface area contributed by atoms with E-state index in [0.29, 0.717) is 22.6 Å². The zero-order valence-electron chi connectivity index (χ0n) is 14.7. The number of halogens is 2. The number of carbonyl (C=O) groups excluding carboxylic acids is 1. The molecule has 0 aliphatic rings. The van der Waals surface area contributed by atoms with E-state index in [1.54, 1.807) is 0 Å². The Morgan fingerprint density at radius 2 is 2.07 bits per heavy atom. The van der Waals surface area contributed by atoms with Crippen LogP contribution in [0.1, 0.15) is 23.2 Å². The number of hydrogen-bond acceptors (Lipinski definition) is 7. The smallest absolute Gasteiger partial charge is 0.387 e. The third-order valence-corrected chi connectivity index (χ3v) is 4.57. The topological polar surface area (TPSA) is 82.8 Å². The highest BCUT2D eigenvalue weighted by Crippen LogP contribution is 2.16. The molecule has 10 heteroatoms. The summed E-state index contributed by atoms with van der Waals surface area (Å²) in [5, 5.41) is 4.93. The minimum atomic E-state index is -2.89. The number of rotatable bonds is 7. The SMILES string of the molecule is CCc1nn2c(=O)cc(COC(=O)/C=C/c3ccc(OC(F)F)cc3)nc2s1. The van der Waals surface area contributed by atoms with Gasteiger partial charge in [-0.05, 0) is 30.2 Å². The molecule has 1 aromatic carbocycles. The Labute approximate surface area is 161 Å². The zero-order valence-corrected chi connectivity index (χ0v) is 15.5. The maximum Gasteiger partial charge on any atom is 0.387 e. The van der Waals surface area contributed by atoms with Crippen molar-refractivity contribution in [3.05, 3.63) is 63.0 Å². The van der Waals surface area contributed by atoms with E-state index in [4.69, 9.17) is 4.74 Å². The highest BCUT2D eigenvalue weighted by atomic mass is 32.1. The number of fused-ring (bicyclic) bond motifs is 1. The van der Waals surface area contributed by atoms with Gasteiger partial charge in [0.15, 0.2) is 0 Å². The van der Waals surface area contributed by atoms with Gasteiger partial charge in [-0.15, -0.1) is 0 Å². The van der Waals surface area contributed by atoms with Gasteiger partial charge in [0, 0.05) is 12.1 Å². The van der Waals surface area contributed by atoms with E-state index in [1.165, 1.54) is 58.3 Å². The summed E-state index contributed by atoms with van der Waals surface area (Å²) in [6.45, 7) is -1.12. The summed E-state index contributed by atoms with van der Waals surface area (Å²) < 4.78 is 34.8. The maximum absolute atomic E-state index is 12.1. The van der Waals surface area contributed by atoms with Crippen LogP contribution in [-0.4, -0.2) is 27.2 Å². The van der Waals surface area contributed by atoms with Gasteiger partial charge in [0.05, 0.1) is 5.69 Å². The molecule has 0 aliphatic heterocycles. The first-order chi connectivity index (χ1) is 13.4. The number of carbonyl (C=O) groups is 1. The standard InChI is InChI=1S/C18H15F2N3O4S/c1-2-14-22-23-15(24)9-12(21-18(23)28-14)10-26-16(25)8-5-11-3-6-13(7-4-11)27-17(19)20/h3-9,17H,2,10H2,1H3/b8-5+. The monoisotopic (exact) mass is 407 g/mol. The fourth-order valence-electron chi connectivity index (χ4n) is 2.23. The molecule has 0 unspecified atom stereocenters. The number of alkyl halides is 2. The molecule has 0 N–H and O–H groups in total. The summed E-state index contributed by atoms with van der Waals surface area (Å²) in [4.78, 5) is 28.6. The van der Waals surface area contributed by atoms with E-state index >= 15 is 0 Å². The molecule has 0 bridgehead atoms. The molecule has 2 heterocycles. The molecule has 0 atom stereocenters. The summed E-state index contributed by atoms with van der Waals surface area (Å²) in [5.41, 5.74) is 0.591. The molecule has 0 radical (unpaired) electrons. The number of aryl methyl sites for hydroxylation is 1. The molecule has 0 fully saturated rings. The van der Waals surface area contributed by atoms with Crippen molar-refractivity contribution in [2.45, 2.75) is 26.6 Å². The number of benzene rings is 1. The number of ether oxygens (including phenoxy) is 2. The molecule has 0 saturated carbocycles. The van der Waals surface area contributed by atoms with E-state index in [-0.39, 0.29) is 17.9 Å². The fraction of sp³-hybridized carbons (Fsp3) is 0.222. The van der Waals surface area contributed by atoms with Gasteiger partial charge in [0.2, 0.25) is 4.96 Å². The van der Waals surface area contributed by atoms with Gasteiger partial charge in [0.25, 0.3) is 5.56 Å². The molecular weight excluding hydrogens is 392 g/mol. The number of aromatic nitrogens is 3. The van der Waals surface area contributed by atoms with Gasteiger partial charge in [-0.25, -0.2) is 9.78 Å². The van der Waals surface area contributed by atoms with Crippen molar-refractivity contribution in [2.24, 2.45) is 0 Å². The number of nitrogens with zero attached hydrogens (tertiary/aromatic N) is 3. The lowest BCUT2D eigenvalue weighted by Gasteiger charge is -2.04. The first kappa shape index (κ1) is 19.6. The molecule has 3 aromatic rings. The lowest BCUT2D eigenvalue weighted by Crippen LogP contribution is -2.16. The van der Waals surface area contributed by atoms with E-state index in [9.17, 15) is 18.4 Å². The second-order valence-electron chi connectivity index (χ2n) is 5.52. The number of esters is 1. The first-order valence-corrected chi connectivity index (χ1v) is 9.04. The number of hydrogen-bond donors (Lipinski definition) is 0. The van der Waals surface area contributed by atoms with Crippen molar-refractivity contribution < 1.29 is 23.0 Å². The van der Waals surface area contributed by atoms with E-state index in [0.717, 1.165) is 5.01 Å². The third kappa shape index (κ3) is 4.97. The van der Waals surface area contributed by atoms with Gasteiger partial charge in [-0.1, -0.05) is 30.4 Å². The Bertz CT molecular complexity index is 1060. The maximum atomic E-state index is 12.1.